The third-order valence-electron chi connectivity index (χ3n) is 4.66. The summed E-state index contributed by atoms with van der Waals surface area (Å²) >= 11 is 0. The first-order valence-corrected chi connectivity index (χ1v) is 7.85. The Morgan fingerprint density at radius 3 is 2.52 bits per heavy atom. The monoisotopic (exact) mass is 312 g/mol. The highest BCUT2D eigenvalue weighted by atomic mass is 19.1. The average Bonchev–Trinajstić information content (AvgIpc) is 3.00. The molecule has 0 saturated carbocycles. The van der Waals surface area contributed by atoms with E-state index >= 15 is 0 Å². The minimum Gasteiger partial charge on any atom is -0.336 e. The van der Waals surface area contributed by atoms with Crippen LogP contribution in [0.15, 0.2) is 42.7 Å². The molecule has 2 aromatic rings. The zero-order valence-corrected chi connectivity index (χ0v) is 12.6. The summed E-state index contributed by atoms with van der Waals surface area (Å²) in [7, 11) is 0. The maximum absolute atomic E-state index is 13.0. The molecule has 0 bridgehead atoms. The number of hydrogen-bond donors (Lipinski definition) is 0. The Bertz CT molecular complexity index is 706. The number of anilines is 2. The SMILES string of the molecule is O=C1CC[C@@H]2[C@@H](CCN2c2ncc(F)cn2)N1c1ccccc1. The lowest BCUT2D eigenvalue weighted by Gasteiger charge is -2.39. The van der Waals surface area contributed by atoms with E-state index in [4.69, 9.17) is 0 Å². The van der Waals surface area contributed by atoms with E-state index in [1.807, 2.05) is 35.2 Å². The number of carbonyl (C=O) groups is 1. The molecule has 2 fully saturated rings. The van der Waals surface area contributed by atoms with Gasteiger partial charge in [-0.25, -0.2) is 14.4 Å². The van der Waals surface area contributed by atoms with E-state index in [1.165, 1.54) is 12.4 Å². The molecule has 0 radical (unpaired) electrons. The summed E-state index contributed by atoms with van der Waals surface area (Å²) in [6, 6.07) is 10.1. The van der Waals surface area contributed by atoms with E-state index in [1.54, 1.807) is 0 Å². The number of hydrogen-bond acceptors (Lipinski definition) is 4. The summed E-state index contributed by atoms with van der Waals surface area (Å²) in [4.78, 5) is 24.7. The molecule has 2 aliphatic rings. The Labute approximate surface area is 133 Å². The van der Waals surface area contributed by atoms with Gasteiger partial charge >= 0.3 is 0 Å². The Hall–Kier alpha value is -2.50. The molecule has 4 rings (SSSR count). The van der Waals surface area contributed by atoms with Crippen molar-refractivity contribution in [2.75, 3.05) is 16.3 Å². The van der Waals surface area contributed by atoms with Crippen LogP contribution >= 0.6 is 0 Å². The maximum atomic E-state index is 13.0. The van der Waals surface area contributed by atoms with Crippen molar-refractivity contribution < 1.29 is 9.18 Å². The standard InChI is InChI=1S/C17H17FN4O/c18-12-10-19-17(20-11-12)21-9-8-15-14(21)6-7-16(23)22(15)13-4-2-1-3-5-13/h1-5,10-11,14-15H,6-9H2/t14-,15-/m1/s1. The normalized spacial score (nSPS) is 24.0. The summed E-state index contributed by atoms with van der Waals surface area (Å²) in [5, 5.41) is 0. The van der Waals surface area contributed by atoms with Crippen LogP contribution < -0.4 is 9.80 Å². The fourth-order valence-electron chi connectivity index (χ4n) is 3.69. The van der Waals surface area contributed by atoms with Crippen LogP contribution in [0.3, 0.4) is 0 Å². The van der Waals surface area contributed by atoms with Crippen molar-refractivity contribution in [3.05, 3.63) is 48.5 Å². The number of fused-ring (bicyclic) bond motifs is 1. The molecule has 0 N–H and O–H groups in total. The lowest BCUT2D eigenvalue weighted by Crippen LogP contribution is -2.52. The molecular formula is C17H17FN4O. The minimum atomic E-state index is -0.436. The molecule has 2 saturated heterocycles. The van der Waals surface area contributed by atoms with Crippen LogP contribution in [0, 0.1) is 5.82 Å². The van der Waals surface area contributed by atoms with Gasteiger partial charge in [-0.1, -0.05) is 18.2 Å². The summed E-state index contributed by atoms with van der Waals surface area (Å²) in [6.07, 6.45) is 4.55. The fraction of sp³-hybridized carbons (Fsp3) is 0.353. The van der Waals surface area contributed by atoms with Gasteiger partial charge < -0.3 is 9.80 Å². The number of amides is 1. The Morgan fingerprint density at radius 2 is 1.78 bits per heavy atom. The maximum Gasteiger partial charge on any atom is 0.227 e. The van der Waals surface area contributed by atoms with Gasteiger partial charge in [0.15, 0.2) is 5.82 Å². The first-order chi connectivity index (χ1) is 11.2. The molecule has 23 heavy (non-hydrogen) atoms. The van der Waals surface area contributed by atoms with E-state index in [-0.39, 0.29) is 18.0 Å². The van der Waals surface area contributed by atoms with Crippen molar-refractivity contribution in [2.45, 2.75) is 31.3 Å². The van der Waals surface area contributed by atoms with Crippen LogP contribution in [0.5, 0.6) is 0 Å². The molecule has 5 nitrogen and oxygen atoms in total. The Morgan fingerprint density at radius 1 is 1.04 bits per heavy atom. The summed E-state index contributed by atoms with van der Waals surface area (Å²) in [6.45, 7) is 0.775. The van der Waals surface area contributed by atoms with Crippen molar-refractivity contribution in [1.82, 2.24) is 9.97 Å². The minimum absolute atomic E-state index is 0.118. The van der Waals surface area contributed by atoms with Gasteiger partial charge in [0.25, 0.3) is 0 Å². The number of carbonyl (C=O) groups excluding carboxylic acids is 1. The number of piperidine rings is 1. The van der Waals surface area contributed by atoms with Crippen molar-refractivity contribution in [2.24, 2.45) is 0 Å². The second kappa shape index (κ2) is 5.61. The first kappa shape index (κ1) is 14.1. The van der Waals surface area contributed by atoms with Gasteiger partial charge in [0.05, 0.1) is 24.5 Å². The average molecular weight is 312 g/mol. The van der Waals surface area contributed by atoms with Gasteiger partial charge in [-0.05, 0) is 25.0 Å². The molecule has 3 heterocycles. The number of halogens is 1. The topological polar surface area (TPSA) is 49.3 Å². The van der Waals surface area contributed by atoms with Crippen LogP contribution in [0.1, 0.15) is 19.3 Å². The first-order valence-electron chi connectivity index (χ1n) is 7.85. The second-order valence-corrected chi connectivity index (χ2v) is 5.96. The van der Waals surface area contributed by atoms with Gasteiger partial charge in [-0.3, -0.25) is 4.79 Å². The molecular weight excluding hydrogens is 295 g/mol. The number of para-hydroxylation sites is 1. The summed E-state index contributed by atoms with van der Waals surface area (Å²) in [5.41, 5.74) is 0.939. The number of rotatable bonds is 2. The quantitative estimate of drug-likeness (QED) is 0.854. The van der Waals surface area contributed by atoms with Gasteiger partial charge in [-0.15, -0.1) is 0 Å². The number of aromatic nitrogens is 2. The van der Waals surface area contributed by atoms with E-state index in [2.05, 4.69) is 14.9 Å². The molecule has 2 atom stereocenters. The molecule has 0 unspecified atom stereocenters. The largest absolute Gasteiger partial charge is 0.336 e. The zero-order valence-electron chi connectivity index (χ0n) is 12.6. The van der Waals surface area contributed by atoms with Gasteiger partial charge in [0.1, 0.15) is 0 Å². The fourth-order valence-corrected chi connectivity index (χ4v) is 3.69. The number of benzene rings is 1. The highest BCUT2D eigenvalue weighted by Crippen LogP contribution is 2.36. The highest BCUT2D eigenvalue weighted by Gasteiger charge is 2.44. The Balaban J connectivity index is 1.64. The molecule has 1 aromatic carbocycles. The summed E-state index contributed by atoms with van der Waals surface area (Å²) < 4.78 is 13.0. The Kier molecular flexibility index (Phi) is 3.44. The molecule has 0 aliphatic carbocycles. The van der Waals surface area contributed by atoms with Crippen molar-refractivity contribution in [3.8, 4) is 0 Å². The van der Waals surface area contributed by atoms with E-state index in [0.717, 1.165) is 25.1 Å². The van der Waals surface area contributed by atoms with E-state index in [9.17, 15) is 9.18 Å². The van der Waals surface area contributed by atoms with E-state index < -0.39 is 5.82 Å². The number of nitrogens with zero attached hydrogens (tertiary/aromatic N) is 4. The highest BCUT2D eigenvalue weighted by molar-refractivity contribution is 5.95. The third kappa shape index (κ3) is 2.44. The van der Waals surface area contributed by atoms with Gasteiger partial charge in [0, 0.05) is 18.7 Å². The molecule has 1 aromatic heterocycles. The molecule has 118 valence electrons. The van der Waals surface area contributed by atoms with Crippen molar-refractivity contribution >= 4 is 17.5 Å². The zero-order chi connectivity index (χ0) is 15.8. The smallest absolute Gasteiger partial charge is 0.227 e. The molecule has 0 spiro atoms. The molecule has 1 amide bonds. The predicted molar refractivity (Wildman–Crippen MR) is 84.7 cm³/mol. The van der Waals surface area contributed by atoms with E-state index in [0.29, 0.717) is 12.4 Å². The van der Waals surface area contributed by atoms with Crippen LogP contribution in [0.2, 0.25) is 0 Å². The second-order valence-electron chi connectivity index (χ2n) is 5.96. The van der Waals surface area contributed by atoms with Crippen LogP contribution in [0.25, 0.3) is 0 Å². The van der Waals surface area contributed by atoms with Crippen molar-refractivity contribution in [1.29, 1.82) is 0 Å². The van der Waals surface area contributed by atoms with Crippen molar-refractivity contribution in [3.63, 3.8) is 0 Å². The predicted octanol–water partition coefficient (Wildman–Crippen LogP) is 2.39. The van der Waals surface area contributed by atoms with Crippen LogP contribution in [-0.4, -0.2) is 34.5 Å². The molecule has 6 heteroatoms. The lowest BCUT2D eigenvalue weighted by atomic mass is 9.95. The molecule has 2 aliphatic heterocycles. The summed E-state index contributed by atoms with van der Waals surface area (Å²) in [5.74, 6) is 0.273. The van der Waals surface area contributed by atoms with Crippen LogP contribution in [-0.2, 0) is 4.79 Å². The van der Waals surface area contributed by atoms with Crippen LogP contribution in [0.4, 0.5) is 16.0 Å². The van der Waals surface area contributed by atoms with Gasteiger partial charge in [0.2, 0.25) is 11.9 Å². The lowest BCUT2D eigenvalue weighted by molar-refractivity contribution is -0.120. The van der Waals surface area contributed by atoms with Gasteiger partial charge in [-0.2, -0.15) is 0 Å². The third-order valence-corrected chi connectivity index (χ3v) is 4.66.